The largest absolute Gasteiger partial charge is 0.497 e. The van der Waals surface area contributed by atoms with Crippen LogP contribution in [-0.2, 0) is 11.3 Å². The number of ether oxygens (including phenoxy) is 1. The number of hydrogen-bond acceptors (Lipinski definition) is 3. The van der Waals surface area contributed by atoms with Gasteiger partial charge in [-0.1, -0.05) is 30.3 Å². The van der Waals surface area contributed by atoms with Crippen molar-refractivity contribution in [3.05, 3.63) is 60.2 Å². The van der Waals surface area contributed by atoms with E-state index in [1.807, 2.05) is 54.6 Å². The summed E-state index contributed by atoms with van der Waals surface area (Å²) in [5, 5.41) is 3.25. The first-order chi connectivity index (χ1) is 10.8. The van der Waals surface area contributed by atoms with E-state index in [1.165, 1.54) is 0 Å². The molecule has 2 aromatic carbocycles. The molecule has 112 valence electrons. The van der Waals surface area contributed by atoms with Gasteiger partial charge in [0.1, 0.15) is 12.3 Å². The second-order valence-corrected chi connectivity index (χ2v) is 5.02. The van der Waals surface area contributed by atoms with Crippen LogP contribution in [0.1, 0.15) is 5.56 Å². The predicted molar refractivity (Wildman–Crippen MR) is 84.4 cm³/mol. The summed E-state index contributed by atoms with van der Waals surface area (Å²) < 4.78 is 5.15. The molecule has 0 aromatic heterocycles. The summed E-state index contributed by atoms with van der Waals surface area (Å²) >= 11 is 0. The summed E-state index contributed by atoms with van der Waals surface area (Å²) in [6, 6.07) is 17.5. The molecule has 1 aliphatic rings. The highest BCUT2D eigenvalue weighted by molar-refractivity contribution is 6.03. The first-order valence-electron chi connectivity index (χ1n) is 7.12. The molecule has 5 heteroatoms. The highest BCUT2D eigenvalue weighted by Crippen LogP contribution is 2.14. The quantitative estimate of drug-likeness (QED) is 0.868. The summed E-state index contributed by atoms with van der Waals surface area (Å²) in [5.41, 5.74) is 1.99. The normalized spacial score (nSPS) is 14.0. The Balaban J connectivity index is 1.72. The van der Waals surface area contributed by atoms with Gasteiger partial charge in [-0.05, 0) is 29.8 Å². The molecule has 5 nitrogen and oxygen atoms in total. The van der Waals surface area contributed by atoms with Crippen molar-refractivity contribution in [1.82, 2.24) is 4.90 Å². The lowest BCUT2D eigenvalue weighted by Crippen LogP contribution is -2.72. The Morgan fingerprint density at radius 3 is 2.55 bits per heavy atom. The van der Waals surface area contributed by atoms with Crippen LogP contribution in [0.3, 0.4) is 0 Å². The van der Waals surface area contributed by atoms with E-state index in [1.54, 1.807) is 12.0 Å². The van der Waals surface area contributed by atoms with Crippen LogP contribution in [0.5, 0.6) is 5.75 Å². The monoisotopic (exact) mass is 296 g/mol. The molecule has 0 saturated carbocycles. The van der Waals surface area contributed by atoms with E-state index in [-0.39, 0.29) is 5.91 Å². The summed E-state index contributed by atoms with van der Waals surface area (Å²) in [4.78, 5) is 16.9. The van der Waals surface area contributed by atoms with Gasteiger partial charge in [0.05, 0.1) is 12.8 Å². The number of anilines is 1. The fourth-order valence-corrected chi connectivity index (χ4v) is 2.33. The van der Waals surface area contributed by atoms with Gasteiger partial charge in [-0.15, -0.1) is 0 Å². The molecule has 0 aliphatic carbocycles. The molecule has 0 fully saturated rings. The first kappa shape index (κ1) is 14.1. The predicted octanol–water partition coefficient (Wildman–Crippen LogP) is 0.586. The number of para-hydroxylation sites is 1. The van der Waals surface area contributed by atoms with Gasteiger partial charge >= 0.3 is 11.9 Å². The molecule has 22 heavy (non-hydrogen) atoms. The number of benzene rings is 2. The highest BCUT2D eigenvalue weighted by Gasteiger charge is 2.32. The van der Waals surface area contributed by atoms with Gasteiger partial charge in [0.25, 0.3) is 0 Å². The average Bonchev–Trinajstić information content (AvgIpc) is 2.90. The molecule has 0 radical (unpaired) electrons. The lowest BCUT2D eigenvalue weighted by molar-refractivity contribution is -0.438. The minimum Gasteiger partial charge on any atom is -0.497 e. The van der Waals surface area contributed by atoms with E-state index in [2.05, 4.69) is 10.3 Å². The molecule has 3 rings (SSSR count). The SMILES string of the molecule is COc1ccc(CN2C(=O)C[NH+]=C2Nc2ccccc2)cc1. The molecule has 0 spiro atoms. The number of nitrogens with one attached hydrogen (secondary N) is 2. The Kier molecular flexibility index (Phi) is 4.05. The molecule has 0 saturated heterocycles. The fourth-order valence-electron chi connectivity index (χ4n) is 2.33. The van der Waals surface area contributed by atoms with Gasteiger partial charge in [0, 0.05) is 0 Å². The minimum absolute atomic E-state index is 0.0502. The van der Waals surface area contributed by atoms with Gasteiger partial charge in [-0.2, -0.15) is 4.90 Å². The van der Waals surface area contributed by atoms with E-state index >= 15 is 0 Å². The fraction of sp³-hybridized carbons (Fsp3) is 0.176. The van der Waals surface area contributed by atoms with Crippen LogP contribution in [0.25, 0.3) is 0 Å². The zero-order valence-electron chi connectivity index (χ0n) is 12.4. The smallest absolute Gasteiger partial charge is 0.358 e. The second kappa shape index (κ2) is 6.30. The van der Waals surface area contributed by atoms with Gasteiger partial charge in [0.15, 0.2) is 6.54 Å². The zero-order valence-corrected chi connectivity index (χ0v) is 12.4. The molecule has 0 unspecified atom stereocenters. The van der Waals surface area contributed by atoms with Crippen LogP contribution < -0.4 is 15.0 Å². The van der Waals surface area contributed by atoms with Crippen molar-refractivity contribution in [2.75, 3.05) is 19.0 Å². The van der Waals surface area contributed by atoms with E-state index in [4.69, 9.17) is 4.74 Å². The molecular weight excluding hydrogens is 278 g/mol. The van der Waals surface area contributed by atoms with E-state index in [0.29, 0.717) is 19.0 Å². The third-order valence-corrected chi connectivity index (χ3v) is 3.51. The lowest BCUT2D eigenvalue weighted by Gasteiger charge is -2.12. The lowest BCUT2D eigenvalue weighted by atomic mass is 10.2. The van der Waals surface area contributed by atoms with Crippen molar-refractivity contribution in [3.8, 4) is 5.75 Å². The standard InChI is InChI=1S/C17H17N3O2/c1-22-15-9-7-13(8-10-15)12-20-16(21)11-18-17(20)19-14-5-3-2-4-6-14/h2-10H,11-12H2,1H3,(H,18,19)/p+1. The molecule has 1 aliphatic heterocycles. The van der Waals surface area contributed by atoms with Crippen molar-refractivity contribution < 1.29 is 14.5 Å². The average molecular weight is 296 g/mol. The number of amides is 1. The molecule has 1 heterocycles. The summed E-state index contributed by atoms with van der Waals surface area (Å²) in [6.07, 6.45) is 0. The number of guanidine groups is 1. The molecule has 2 N–H and O–H groups in total. The van der Waals surface area contributed by atoms with Crippen molar-refractivity contribution in [2.45, 2.75) is 6.54 Å². The van der Waals surface area contributed by atoms with Crippen LogP contribution in [0.15, 0.2) is 54.6 Å². The van der Waals surface area contributed by atoms with Crippen molar-refractivity contribution in [1.29, 1.82) is 0 Å². The Hall–Kier alpha value is -2.82. The molecule has 1 amide bonds. The highest BCUT2D eigenvalue weighted by atomic mass is 16.5. The van der Waals surface area contributed by atoms with Crippen LogP contribution in [0.2, 0.25) is 0 Å². The number of carbonyl (C=O) groups is 1. The number of hydrogen-bond donors (Lipinski definition) is 2. The van der Waals surface area contributed by atoms with Crippen molar-refractivity contribution in [2.24, 2.45) is 0 Å². The molecular formula is C17H18N3O2+. The summed E-state index contributed by atoms with van der Waals surface area (Å²) in [5.74, 6) is 1.57. The van der Waals surface area contributed by atoms with E-state index in [9.17, 15) is 4.79 Å². The topological polar surface area (TPSA) is 55.5 Å². The number of carbonyl (C=O) groups excluding carboxylic acids is 1. The van der Waals surface area contributed by atoms with Gasteiger partial charge < -0.3 is 4.74 Å². The van der Waals surface area contributed by atoms with Gasteiger partial charge in [-0.3, -0.25) is 9.79 Å². The maximum absolute atomic E-state index is 12.1. The Morgan fingerprint density at radius 1 is 1.14 bits per heavy atom. The van der Waals surface area contributed by atoms with Crippen molar-refractivity contribution in [3.63, 3.8) is 0 Å². The third kappa shape index (κ3) is 3.09. The van der Waals surface area contributed by atoms with E-state index in [0.717, 1.165) is 17.0 Å². The Labute approximate surface area is 129 Å². The summed E-state index contributed by atoms with van der Waals surface area (Å²) in [7, 11) is 1.64. The number of methoxy groups -OCH3 is 1. The second-order valence-electron chi connectivity index (χ2n) is 5.02. The molecule has 0 bridgehead atoms. The van der Waals surface area contributed by atoms with Crippen molar-refractivity contribution >= 4 is 17.6 Å². The maximum atomic E-state index is 12.1. The van der Waals surface area contributed by atoms with Gasteiger partial charge in [0.2, 0.25) is 0 Å². The summed E-state index contributed by atoms with van der Waals surface area (Å²) in [6.45, 7) is 0.830. The first-order valence-corrected chi connectivity index (χ1v) is 7.12. The van der Waals surface area contributed by atoms with Crippen LogP contribution >= 0.6 is 0 Å². The maximum Gasteiger partial charge on any atom is 0.358 e. The Bertz CT molecular complexity index is 681. The van der Waals surface area contributed by atoms with Gasteiger partial charge in [-0.25, -0.2) is 5.32 Å². The van der Waals surface area contributed by atoms with Crippen LogP contribution in [0, 0.1) is 0 Å². The molecule has 0 atom stereocenters. The molecule has 2 aromatic rings. The zero-order chi connectivity index (χ0) is 15.4. The minimum atomic E-state index is 0.0502. The van der Waals surface area contributed by atoms with E-state index < -0.39 is 0 Å². The van der Waals surface area contributed by atoms with Crippen LogP contribution in [0.4, 0.5) is 5.69 Å². The van der Waals surface area contributed by atoms with Crippen LogP contribution in [-0.4, -0.2) is 30.4 Å². The third-order valence-electron chi connectivity index (χ3n) is 3.51. The number of nitrogens with zero attached hydrogens (tertiary/aromatic N) is 1. The number of rotatable bonds is 4. The Morgan fingerprint density at radius 2 is 1.86 bits per heavy atom.